The van der Waals surface area contributed by atoms with Gasteiger partial charge in [-0.05, 0) is 48.5 Å². The Kier molecular flexibility index (Phi) is 11.9. The number of Topliss-reactive ketones (excluding diaryl/α,β-unsaturated/α-hetero) is 4. The van der Waals surface area contributed by atoms with Crippen molar-refractivity contribution in [3.8, 4) is 11.5 Å². The number of halogens is 2. The zero-order valence-corrected chi connectivity index (χ0v) is 21.8. The van der Waals surface area contributed by atoms with Crippen LogP contribution < -0.4 is 9.47 Å². The first-order chi connectivity index (χ1) is 15.4. The van der Waals surface area contributed by atoms with Gasteiger partial charge in [0, 0.05) is 45.7 Å². The van der Waals surface area contributed by atoms with Crippen LogP contribution in [0.15, 0.2) is 48.5 Å². The highest BCUT2D eigenvalue weighted by atomic mass is 127. The van der Waals surface area contributed by atoms with E-state index in [-0.39, 0.29) is 35.9 Å². The number of carbonyl (C=O) groups is 4. The van der Waals surface area contributed by atoms with Gasteiger partial charge in [0.25, 0.3) is 0 Å². The van der Waals surface area contributed by atoms with Crippen LogP contribution >= 0.6 is 45.2 Å². The van der Waals surface area contributed by atoms with Gasteiger partial charge in [-0.1, -0.05) is 45.2 Å². The van der Waals surface area contributed by atoms with Crippen LogP contribution in [-0.2, 0) is 9.59 Å². The Morgan fingerprint density at radius 1 is 0.562 bits per heavy atom. The van der Waals surface area contributed by atoms with Gasteiger partial charge in [0.05, 0.1) is 13.2 Å². The number of hydrogen-bond acceptors (Lipinski definition) is 6. The van der Waals surface area contributed by atoms with Gasteiger partial charge in [-0.25, -0.2) is 0 Å². The van der Waals surface area contributed by atoms with Crippen molar-refractivity contribution in [2.24, 2.45) is 0 Å². The summed E-state index contributed by atoms with van der Waals surface area (Å²) in [4.78, 5) is 48.1. The second-order valence-electron chi connectivity index (χ2n) is 6.86. The highest BCUT2D eigenvalue weighted by Gasteiger charge is 2.18. The molecule has 0 atom stereocenters. The zero-order chi connectivity index (χ0) is 23.3. The molecule has 2 rings (SSSR count). The number of carbonyl (C=O) groups excluding carboxylic acids is 4. The van der Waals surface area contributed by atoms with Gasteiger partial charge in [-0.2, -0.15) is 0 Å². The minimum Gasteiger partial charge on any atom is -0.493 e. The lowest BCUT2D eigenvalue weighted by atomic mass is 10.0. The van der Waals surface area contributed by atoms with Gasteiger partial charge in [0.2, 0.25) is 11.6 Å². The Morgan fingerprint density at radius 3 is 1.22 bits per heavy atom. The average Bonchev–Trinajstić information content (AvgIpc) is 2.79. The molecule has 8 heteroatoms. The summed E-state index contributed by atoms with van der Waals surface area (Å²) in [6.07, 6.45) is 1.75. The average molecular weight is 662 g/mol. The van der Waals surface area contributed by atoms with E-state index in [1.165, 1.54) is 24.3 Å². The van der Waals surface area contributed by atoms with Crippen molar-refractivity contribution in [1.29, 1.82) is 0 Å². The molecule has 0 aliphatic carbocycles. The van der Waals surface area contributed by atoms with Gasteiger partial charge in [-0.15, -0.1) is 0 Å². The Bertz CT molecular complexity index is 845. The third-order valence-corrected chi connectivity index (χ3v) is 5.56. The summed E-state index contributed by atoms with van der Waals surface area (Å²) >= 11 is 4.31. The molecular formula is C24H24I2O6. The number of alkyl halides is 2. The fraction of sp³-hybridized carbons (Fsp3) is 0.333. The molecule has 0 radical (unpaired) electrons. The topological polar surface area (TPSA) is 86.7 Å². The first-order valence-corrected chi connectivity index (χ1v) is 13.2. The first-order valence-electron chi connectivity index (χ1n) is 10.1. The fourth-order valence-corrected chi connectivity index (χ4v) is 3.90. The summed E-state index contributed by atoms with van der Waals surface area (Å²) in [5.74, 6) is 0.138. The SMILES string of the molecule is O=C(CCI)CCOc1ccc(C(=O)C(=O)c2ccc(OCCC(=O)CCI)cc2)cc1. The Labute approximate surface area is 214 Å². The molecule has 170 valence electrons. The summed E-state index contributed by atoms with van der Waals surface area (Å²) < 4.78 is 12.6. The maximum absolute atomic E-state index is 12.5. The molecule has 6 nitrogen and oxygen atoms in total. The van der Waals surface area contributed by atoms with Crippen molar-refractivity contribution in [3.05, 3.63) is 59.7 Å². The number of ether oxygens (including phenoxy) is 2. The van der Waals surface area contributed by atoms with Gasteiger partial charge in [0.15, 0.2) is 0 Å². The Balaban J connectivity index is 1.86. The highest BCUT2D eigenvalue weighted by molar-refractivity contribution is 14.1. The second kappa shape index (κ2) is 14.4. The van der Waals surface area contributed by atoms with E-state index in [9.17, 15) is 19.2 Å². The fourth-order valence-electron chi connectivity index (χ4n) is 2.69. The van der Waals surface area contributed by atoms with E-state index in [2.05, 4.69) is 45.2 Å². The molecule has 0 aliphatic rings. The largest absolute Gasteiger partial charge is 0.493 e. The summed E-state index contributed by atoms with van der Waals surface area (Å²) in [6.45, 7) is 0.561. The summed E-state index contributed by atoms with van der Waals surface area (Å²) in [5, 5.41) is 0. The van der Waals surface area contributed by atoms with Crippen LogP contribution in [0.1, 0.15) is 46.4 Å². The molecule has 0 unspecified atom stereocenters. The van der Waals surface area contributed by atoms with Crippen LogP contribution in [0.2, 0.25) is 0 Å². The molecule has 0 spiro atoms. The summed E-state index contributed by atoms with van der Waals surface area (Å²) in [5.41, 5.74) is 0.523. The molecule has 0 aromatic heterocycles. The predicted molar refractivity (Wildman–Crippen MR) is 139 cm³/mol. The molecule has 0 fully saturated rings. The molecule has 0 saturated carbocycles. The molecule has 0 N–H and O–H groups in total. The lowest BCUT2D eigenvalue weighted by Crippen LogP contribution is -2.14. The minimum absolute atomic E-state index is 0.151. The van der Waals surface area contributed by atoms with E-state index in [1.54, 1.807) is 24.3 Å². The van der Waals surface area contributed by atoms with Gasteiger partial charge >= 0.3 is 0 Å². The maximum Gasteiger partial charge on any atom is 0.233 e. The monoisotopic (exact) mass is 662 g/mol. The number of ketones is 4. The van der Waals surface area contributed by atoms with Gasteiger partial charge < -0.3 is 9.47 Å². The summed E-state index contributed by atoms with van der Waals surface area (Å²) in [6, 6.07) is 12.6. The zero-order valence-electron chi connectivity index (χ0n) is 17.5. The van der Waals surface area contributed by atoms with Crippen LogP contribution in [0.5, 0.6) is 11.5 Å². The van der Waals surface area contributed by atoms with Crippen LogP contribution in [0.4, 0.5) is 0 Å². The quantitative estimate of drug-likeness (QED) is 0.115. The summed E-state index contributed by atoms with van der Waals surface area (Å²) in [7, 11) is 0. The molecule has 0 heterocycles. The Morgan fingerprint density at radius 2 is 0.906 bits per heavy atom. The van der Waals surface area contributed by atoms with Crippen molar-refractivity contribution in [2.45, 2.75) is 25.7 Å². The molecule has 0 saturated heterocycles. The molecule has 0 aliphatic heterocycles. The number of rotatable bonds is 15. The molecule has 0 bridgehead atoms. The first kappa shape index (κ1) is 26.4. The van der Waals surface area contributed by atoms with Crippen LogP contribution in [0, 0.1) is 0 Å². The minimum atomic E-state index is -0.619. The van der Waals surface area contributed by atoms with Crippen molar-refractivity contribution in [1.82, 2.24) is 0 Å². The van der Waals surface area contributed by atoms with Crippen molar-refractivity contribution in [2.75, 3.05) is 22.1 Å². The normalized spacial score (nSPS) is 10.4. The van der Waals surface area contributed by atoms with Gasteiger partial charge in [-0.3, -0.25) is 19.2 Å². The maximum atomic E-state index is 12.5. The third kappa shape index (κ3) is 8.97. The van der Waals surface area contributed by atoms with E-state index in [4.69, 9.17) is 9.47 Å². The van der Waals surface area contributed by atoms with Crippen molar-refractivity contribution >= 4 is 68.3 Å². The lowest BCUT2D eigenvalue weighted by molar-refractivity contribution is -0.119. The molecule has 2 aromatic rings. The third-order valence-electron chi connectivity index (χ3n) is 4.49. The molecule has 32 heavy (non-hydrogen) atoms. The van der Waals surface area contributed by atoms with Gasteiger partial charge in [0.1, 0.15) is 23.1 Å². The lowest BCUT2D eigenvalue weighted by Gasteiger charge is -2.07. The van der Waals surface area contributed by atoms with Crippen molar-refractivity contribution in [3.63, 3.8) is 0 Å². The Hall–Kier alpha value is -1.82. The van der Waals surface area contributed by atoms with E-state index < -0.39 is 11.6 Å². The van der Waals surface area contributed by atoms with Crippen LogP contribution in [0.25, 0.3) is 0 Å². The number of benzene rings is 2. The standard InChI is InChI=1S/C24H24I2O6/c25-13-9-19(27)11-15-31-21-5-1-17(2-6-21)23(29)24(30)18-3-7-22(8-4-18)32-16-12-20(28)10-14-26/h1-8H,9-16H2. The predicted octanol–water partition coefficient (Wildman–Crippen LogP) is 5.08. The van der Waals surface area contributed by atoms with E-state index in [0.29, 0.717) is 37.2 Å². The van der Waals surface area contributed by atoms with E-state index in [1.807, 2.05) is 0 Å². The number of hydrogen-bond donors (Lipinski definition) is 0. The molecule has 0 amide bonds. The van der Waals surface area contributed by atoms with Crippen molar-refractivity contribution < 1.29 is 28.7 Å². The smallest absolute Gasteiger partial charge is 0.233 e. The molecule has 2 aromatic carbocycles. The molecular weight excluding hydrogens is 638 g/mol. The second-order valence-corrected chi connectivity index (χ2v) is 9.02. The van der Waals surface area contributed by atoms with E-state index in [0.717, 1.165) is 8.86 Å². The van der Waals surface area contributed by atoms with Crippen LogP contribution in [0.3, 0.4) is 0 Å². The van der Waals surface area contributed by atoms with E-state index >= 15 is 0 Å². The van der Waals surface area contributed by atoms with Crippen LogP contribution in [-0.4, -0.2) is 45.2 Å². The highest BCUT2D eigenvalue weighted by Crippen LogP contribution is 2.17.